The van der Waals surface area contributed by atoms with E-state index in [0.29, 0.717) is 25.1 Å². The minimum absolute atomic E-state index is 0.00347. The summed E-state index contributed by atoms with van der Waals surface area (Å²) >= 11 is 1.71. The van der Waals surface area contributed by atoms with Crippen LogP contribution in [0.2, 0.25) is 0 Å². The van der Waals surface area contributed by atoms with Crippen molar-refractivity contribution in [3.8, 4) is 10.4 Å². The number of nitrogens with zero attached hydrogens (tertiary/aromatic N) is 2. The summed E-state index contributed by atoms with van der Waals surface area (Å²) in [4.78, 5) is 33.1. The minimum Gasteiger partial charge on any atom is -0.359 e. The number of carbonyl (C=O) groups is 2. The lowest BCUT2D eigenvalue weighted by molar-refractivity contribution is -0.133. The van der Waals surface area contributed by atoms with Crippen molar-refractivity contribution in [3.05, 3.63) is 77.4 Å². The van der Waals surface area contributed by atoms with Gasteiger partial charge in [0, 0.05) is 43.0 Å². The summed E-state index contributed by atoms with van der Waals surface area (Å²) < 4.78 is 0. The molecule has 1 aliphatic heterocycles. The number of pyridine rings is 1. The number of nitrogens with one attached hydrogen (secondary N) is 1. The summed E-state index contributed by atoms with van der Waals surface area (Å²) in [5, 5.41) is 4.92. The average molecular weight is 420 g/mol. The first-order chi connectivity index (χ1) is 14.6. The third-order valence-corrected chi connectivity index (χ3v) is 6.69. The molecule has 1 fully saturated rings. The summed E-state index contributed by atoms with van der Waals surface area (Å²) in [5.41, 5.74) is 2.25. The van der Waals surface area contributed by atoms with Crippen molar-refractivity contribution >= 4 is 23.2 Å². The Balaban J connectivity index is 1.61. The van der Waals surface area contributed by atoms with Crippen molar-refractivity contribution < 1.29 is 9.59 Å². The van der Waals surface area contributed by atoms with Gasteiger partial charge in [-0.05, 0) is 54.0 Å². The Morgan fingerprint density at radius 1 is 1.17 bits per heavy atom. The summed E-state index contributed by atoms with van der Waals surface area (Å²) in [7, 11) is 1.68. The summed E-state index contributed by atoms with van der Waals surface area (Å²) in [6.45, 7) is 1.08. The van der Waals surface area contributed by atoms with Crippen LogP contribution in [0.5, 0.6) is 0 Å². The van der Waals surface area contributed by atoms with Crippen LogP contribution in [0.3, 0.4) is 0 Å². The van der Waals surface area contributed by atoms with Crippen LogP contribution in [0.25, 0.3) is 10.4 Å². The highest BCUT2D eigenvalue weighted by Gasteiger charge is 2.43. The monoisotopic (exact) mass is 419 g/mol. The van der Waals surface area contributed by atoms with Crippen LogP contribution in [0, 0.1) is 5.41 Å². The normalized spacial score (nSPS) is 18.8. The van der Waals surface area contributed by atoms with E-state index in [4.69, 9.17) is 0 Å². The minimum atomic E-state index is -0.635. The molecule has 1 aromatic carbocycles. The van der Waals surface area contributed by atoms with Gasteiger partial charge < -0.3 is 10.2 Å². The first-order valence-electron chi connectivity index (χ1n) is 10.2. The lowest BCUT2D eigenvalue weighted by Gasteiger charge is -2.41. The number of thiophene rings is 1. The Kier molecular flexibility index (Phi) is 5.95. The molecule has 0 unspecified atom stereocenters. The second kappa shape index (κ2) is 8.79. The zero-order valence-corrected chi connectivity index (χ0v) is 17.8. The van der Waals surface area contributed by atoms with Gasteiger partial charge >= 0.3 is 0 Å². The van der Waals surface area contributed by atoms with E-state index in [-0.39, 0.29) is 11.8 Å². The molecule has 2 amide bonds. The predicted octanol–water partition coefficient (Wildman–Crippen LogP) is 4.02. The van der Waals surface area contributed by atoms with Gasteiger partial charge in [0.2, 0.25) is 5.91 Å². The quantitative estimate of drug-likeness (QED) is 0.679. The van der Waals surface area contributed by atoms with E-state index in [1.165, 1.54) is 4.88 Å². The summed E-state index contributed by atoms with van der Waals surface area (Å²) in [6, 6.07) is 16.0. The van der Waals surface area contributed by atoms with E-state index in [9.17, 15) is 9.59 Å². The molecule has 2 aromatic heterocycles. The third-order valence-electron chi connectivity index (χ3n) is 5.78. The topological polar surface area (TPSA) is 62.3 Å². The van der Waals surface area contributed by atoms with Crippen LogP contribution in [0.1, 0.15) is 28.8 Å². The molecule has 0 radical (unpaired) electrons. The van der Waals surface area contributed by atoms with Gasteiger partial charge in [0.25, 0.3) is 5.91 Å². The van der Waals surface area contributed by atoms with Gasteiger partial charge in [0.05, 0.1) is 5.41 Å². The number of benzene rings is 1. The Hall–Kier alpha value is -2.99. The molecule has 0 aliphatic carbocycles. The third kappa shape index (κ3) is 4.14. The number of likely N-dealkylation sites (tertiary alicyclic amines) is 1. The molecule has 3 aromatic rings. The van der Waals surface area contributed by atoms with E-state index in [0.717, 1.165) is 24.0 Å². The summed E-state index contributed by atoms with van der Waals surface area (Å²) in [5.74, 6) is -0.0473. The van der Waals surface area contributed by atoms with Gasteiger partial charge in [-0.15, -0.1) is 11.3 Å². The number of rotatable bonds is 5. The number of aromatic nitrogens is 1. The van der Waals surface area contributed by atoms with E-state index < -0.39 is 5.41 Å². The lowest BCUT2D eigenvalue weighted by atomic mass is 9.74. The first-order valence-corrected chi connectivity index (χ1v) is 11.0. The molecule has 0 spiro atoms. The molecule has 1 atom stereocenters. The molecule has 30 heavy (non-hydrogen) atoms. The second-order valence-electron chi connectivity index (χ2n) is 7.78. The molecule has 5 nitrogen and oxygen atoms in total. The fourth-order valence-corrected chi connectivity index (χ4v) is 5.05. The zero-order valence-electron chi connectivity index (χ0n) is 17.0. The fraction of sp³-hybridized carbons (Fsp3) is 0.292. The molecule has 1 aliphatic rings. The Labute approximate surface area is 180 Å². The van der Waals surface area contributed by atoms with Crippen molar-refractivity contribution in [2.75, 3.05) is 20.1 Å². The van der Waals surface area contributed by atoms with Crippen molar-refractivity contribution in [3.63, 3.8) is 0 Å². The molecule has 3 heterocycles. The predicted molar refractivity (Wildman–Crippen MR) is 119 cm³/mol. The molecular weight excluding hydrogens is 394 g/mol. The van der Waals surface area contributed by atoms with E-state index in [2.05, 4.69) is 39.9 Å². The molecule has 1 N–H and O–H groups in total. The molecule has 6 heteroatoms. The van der Waals surface area contributed by atoms with Gasteiger partial charge in [-0.25, -0.2) is 0 Å². The maximum absolute atomic E-state index is 13.1. The van der Waals surface area contributed by atoms with Crippen LogP contribution in [-0.4, -0.2) is 41.8 Å². The van der Waals surface area contributed by atoms with Crippen LogP contribution >= 0.6 is 11.3 Å². The van der Waals surface area contributed by atoms with Crippen molar-refractivity contribution in [2.24, 2.45) is 5.41 Å². The molecule has 0 bridgehead atoms. The van der Waals surface area contributed by atoms with Crippen LogP contribution in [-0.2, 0) is 11.2 Å². The van der Waals surface area contributed by atoms with E-state index >= 15 is 0 Å². The first kappa shape index (κ1) is 20.3. The number of piperidine rings is 1. The highest BCUT2D eigenvalue weighted by Crippen LogP contribution is 2.36. The number of hydrogen-bond donors (Lipinski definition) is 1. The maximum Gasteiger partial charge on any atom is 0.253 e. The van der Waals surface area contributed by atoms with Crippen LogP contribution in [0.15, 0.2) is 66.3 Å². The number of amides is 2. The molecule has 4 rings (SSSR count). The average Bonchev–Trinajstić information content (AvgIpc) is 3.34. The van der Waals surface area contributed by atoms with Gasteiger partial charge in [0.15, 0.2) is 0 Å². The Morgan fingerprint density at radius 3 is 2.73 bits per heavy atom. The van der Waals surface area contributed by atoms with Crippen LogP contribution in [0.4, 0.5) is 0 Å². The van der Waals surface area contributed by atoms with E-state index in [1.54, 1.807) is 42.9 Å². The SMILES string of the molecule is CNC(=O)[C@]1(Cc2cccc(-c3cccs3)c2)CCCN(C(=O)c2ccncc2)C1. The van der Waals surface area contributed by atoms with E-state index in [1.807, 2.05) is 17.0 Å². The molecule has 0 saturated carbocycles. The highest BCUT2D eigenvalue weighted by atomic mass is 32.1. The molecular formula is C24H25N3O2S. The zero-order chi connectivity index (χ0) is 21.0. The van der Waals surface area contributed by atoms with Gasteiger partial charge in [-0.2, -0.15) is 0 Å². The molecule has 1 saturated heterocycles. The highest BCUT2D eigenvalue weighted by molar-refractivity contribution is 7.13. The number of carbonyl (C=O) groups excluding carboxylic acids is 2. The van der Waals surface area contributed by atoms with Gasteiger partial charge in [-0.1, -0.05) is 30.3 Å². The summed E-state index contributed by atoms with van der Waals surface area (Å²) in [6.07, 6.45) is 5.41. The van der Waals surface area contributed by atoms with Crippen molar-refractivity contribution in [1.29, 1.82) is 0 Å². The fourth-order valence-electron chi connectivity index (χ4n) is 4.33. The second-order valence-corrected chi connectivity index (χ2v) is 8.73. The van der Waals surface area contributed by atoms with Gasteiger partial charge in [-0.3, -0.25) is 14.6 Å². The van der Waals surface area contributed by atoms with Crippen molar-refractivity contribution in [1.82, 2.24) is 15.2 Å². The van der Waals surface area contributed by atoms with Crippen LogP contribution < -0.4 is 5.32 Å². The molecule has 154 valence electrons. The number of hydrogen-bond acceptors (Lipinski definition) is 4. The van der Waals surface area contributed by atoms with Crippen molar-refractivity contribution in [2.45, 2.75) is 19.3 Å². The smallest absolute Gasteiger partial charge is 0.253 e. The largest absolute Gasteiger partial charge is 0.359 e. The lowest BCUT2D eigenvalue weighted by Crippen LogP contribution is -2.54. The Morgan fingerprint density at radius 2 is 2.00 bits per heavy atom. The Bertz CT molecular complexity index is 1020. The van der Waals surface area contributed by atoms with Gasteiger partial charge in [0.1, 0.15) is 0 Å². The maximum atomic E-state index is 13.1. The standard InChI is InChI=1S/C24H25N3O2S/c1-25-23(29)24(16-18-5-2-6-20(15-18)21-7-3-14-30-21)10-4-13-27(17-24)22(28)19-8-11-26-12-9-19/h2-3,5-9,11-12,14-15H,4,10,13,16-17H2,1H3,(H,25,29)/t24-/m0/s1.